The third-order valence-corrected chi connectivity index (χ3v) is 3.69. The molecule has 2 aromatic rings. The number of benzene rings is 2. The molecule has 0 fully saturated rings. The maximum atomic E-state index is 12.1. The van der Waals surface area contributed by atoms with Gasteiger partial charge in [-0.1, -0.05) is 12.1 Å². The number of nitrogen functional groups attached to an aromatic ring is 1. The van der Waals surface area contributed by atoms with Crippen molar-refractivity contribution in [1.82, 2.24) is 5.32 Å². The molecule has 0 aliphatic heterocycles. The summed E-state index contributed by atoms with van der Waals surface area (Å²) in [6.07, 6.45) is 0.702. The smallest absolute Gasteiger partial charge is 0.251 e. The van der Waals surface area contributed by atoms with Crippen molar-refractivity contribution >= 4 is 11.6 Å². The lowest BCUT2D eigenvalue weighted by molar-refractivity contribution is 0.0954. The molecule has 0 spiro atoms. The average molecular weight is 314 g/mol. The van der Waals surface area contributed by atoms with E-state index in [-0.39, 0.29) is 5.91 Å². The van der Waals surface area contributed by atoms with Gasteiger partial charge in [-0.05, 0) is 48.7 Å². The van der Waals surface area contributed by atoms with Crippen LogP contribution in [0.25, 0.3) is 0 Å². The lowest BCUT2D eigenvalue weighted by Crippen LogP contribution is -2.25. The first-order valence-corrected chi connectivity index (χ1v) is 7.40. The molecule has 5 heteroatoms. The molecule has 0 aliphatic rings. The molecule has 1 amide bonds. The molecule has 2 aromatic carbocycles. The first kappa shape index (κ1) is 16.7. The summed E-state index contributed by atoms with van der Waals surface area (Å²) in [5.74, 6) is 1.25. The van der Waals surface area contributed by atoms with Crippen molar-refractivity contribution in [3.05, 3.63) is 53.1 Å². The van der Waals surface area contributed by atoms with E-state index in [2.05, 4.69) is 5.32 Å². The standard InChI is InChI=1S/C18H22N2O3/c1-12-4-6-14(11-15(12)19)18(21)20-9-8-13-5-7-16(22-2)17(10-13)23-3/h4-7,10-11H,8-9,19H2,1-3H3,(H,20,21). The highest BCUT2D eigenvalue weighted by molar-refractivity contribution is 5.95. The van der Waals surface area contributed by atoms with E-state index < -0.39 is 0 Å². The Labute approximate surface area is 136 Å². The summed E-state index contributed by atoms with van der Waals surface area (Å²) in [5.41, 5.74) is 9.05. The van der Waals surface area contributed by atoms with E-state index in [0.29, 0.717) is 35.7 Å². The minimum atomic E-state index is -0.128. The van der Waals surface area contributed by atoms with Gasteiger partial charge in [-0.2, -0.15) is 0 Å². The predicted octanol–water partition coefficient (Wildman–Crippen LogP) is 2.57. The van der Waals surface area contributed by atoms with Crippen LogP contribution in [0.2, 0.25) is 0 Å². The lowest BCUT2D eigenvalue weighted by Gasteiger charge is -2.10. The zero-order valence-corrected chi connectivity index (χ0v) is 13.7. The van der Waals surface area contributed by atoms with Gasteiger partial charge in [-0.25, -0.2) is 0 Å². The van der Waals surface area contributed by atoms with Crippen LogP contribution in [0.4, 0.5) is 5.69 Å². The number of nitrogens with one attached hydrogen (secondary N) is 1. The minimum Gasteiger partial charge on any atom is -0.493 e. The summed E-state index contributed by atoms with van der Waals surface area (Å²) in [6.45, 7) is 2.44. The van der Waals surface area contributed by atoms with Crippen LogP contribution in [-0.4, -0.2) is 26.7 Å². The quantitative estimate of drug-likeness (QED) is 0.804. The first-order valence-electron chi connectivity index (χ1n) is 7.40. The lowest BCUT2D eigenvalue weighted by atomic mass is 10.1. The van der Waals surface area contributed by atoms with Crippen molar-refractivity contribution < 1.29 is 14.3 Å². The van der Waals surface area contributed by atoms with Crippen molar-refractivity contribution in [2.24, 2.45) is 0 Å². The maximum Gasteiger partial charge on any atom is 0.251 e. The number of nitrogens with two attached hydrogens (primary N) is 1. The molecule has 5 nitrogen and oxygen atoms in total. The summed E-state index contributed by atoms with van der Waals surface area (Å²) in [4.78, 5) is 12.1. The summed E-state index contributed by atoms with van der Waals surface area (Å²) < 4.78 is 10.5. The zero-order valence-electron chi connectivity index (χ0n) is 13.7. The topological polar surface area (TPSA) is 73.6 Å². The zero-order chi connectivity index (χ0) is 16.8. The third kappa shape index (κ3) is 4.16. The van der Waals surface area contributed by atoms with Crippen LogP contribution in [0.5, 0.6) is 11.5 Å². The predicted molar refractivity (Wildman–Crippen MR) is 91.2 cm³/mol. The van der Waals surface area contributed by atoms with Crippen LogP contribution in [0, 0.1) is 6.92 Å². The molecule has 0 bridgehead atoms. The molecule has 2 rings (SSSR count). The molecular weight excluding hydrogens is 292 g/mol. The van der Waals surface area contributed by atoms with E-state index in [0.717, 1.165) is 11.1 Å². The molecule has 0 atom stereocenters. The fourth-order valence-electron chi connectivity index (χ4n) is 2.24. The van der Waals surface area contributed by atoms with Crippen LogP contribution in [0.15, 0.2) is 36.4 Å². The Kier molecular flexibility index (Phi) is 5.46. The van der Waals surface area contributed by atoms with Gasteiger partial charge in [0.2, 0.25) is 0 Å². The Bertz CT molecular complexity index is 699. The number of aryl methyl sites for hydroxylation is 1. The number of anilines is 1. The van der Waals surface area contributed by atoms with Gasteiger partial charge >= 0.3 is 0 Å². The summed E-state index contributed by atoms with van der Waals surface area (Å²) in [7, 11) is 3.20. The van der Waals surface area contributed by atoms with Gasteiger partial charge in [-0.3, -0.25) is 4.79 Å². The number of carbonyl (C=O) groups is 1. The Morgan fingerprint density at radius 3 is 2.48 bits per heavy atom. The van der Waals surface area contributed by atoms with Gasteiger partial charge in [0, 0.05) is 17.8 Å². The highest BCUT2D eigenvalue weighted by atomic mass is 16.5. The van der Waals surface area contributed by atoms with Gasteiger partial charge in [0.15, 0.2) is 11.5 Å². The number of carbonyl (C=O) groups excluding carboxylic acids is 1. The van der Waals surface area contributed by atoms with Gasteiger partial charge < -0.3 is 20.5 Å². The van der Waals surface area contributed by atoms with Crippen LogP contribution < -0.4 is 20.5 Å². The number of methoxy groups -OCH3 is 2. The van der Waals surface area contributed by atoms with E-state index in [1.165, 1.54) is 0 Å². The Balaban J connectivity index is 1.94. The van der Waals surface area contributed by atoms with Crippen LogP contribution in [0.3, 0.4) is 0 Å². The molecule has 23 heavy (non-hydrogen) atoms. The van der Waals surface area contributed by atoms with Crippen molar-refractivity contribution in [3.63, 3.8) is 0 Å². The molecule has 0 saturated heterocycles. The van der Waals surface area contributed by atoms with Crippen LogP contribution in [-0.2, 0) is 6.42 Å². The number of hydrogen-bond donors (Lipinski definition) is 2. The summed E-state index contributed by atoms with van der Waals surface area (Å²) in [6, 6.07) is 11.0. The first-order chi connectivity index (χ1) is 11.0. The normalized spacial score (nSPS) is 10.2. The fraction of sp³-hybridized carbons (Fsp3) is 0.278. The van der Waals surface area contributed by atoms with Crippen molar-refractivity contribution in [2.75, 3.05) is 26.5 Å². The molecular formula is C18H22N2O3. The van der Waals surface area contributed by atoms with Crippen molar-refractivity contribution in [3.8, 4) is 11.5 Å². The van der Waals surface area contributed by atoms with E-state index in [4.69, 9.17) is 15.2 Å². The monoisotopic (exact) mass is 314 g/mol. The highest BCUT2D eigenvalue weighted by Crippen LogP contribution is 2.27. The molecule has 0 radical (unpaired) electrons. The Morgan fingerprint density at radius 2 is 1.83 bits per heavy atom. The minimum absolute atomic E-state index is 0.128. The van der Waals surface area contributed by atoms with Gasteiger partial charge in [0.1, 0.15) is 0 Å². The van der Waals surface area contributed by atoms with Gasteiger partial charge in [0.25, 0.3) is 5.91 Å². The van der Waals surface area contributed by atoms with Gasteiger partial charge in [-0.15, -0.1) is 0 Å². The SMILES string of the molecule is COc1ccc(CCNC(=O)c2ccc(C)c(N)c2)cc1OC. The Hall–Kier alpha value is -2.69. The van der Waals surface area contributed by atoms with E-state index in [9.17, 15) is 4.79 Å². The molecule has 122 valence electrons. The second-order valence-electron chi connectivity index (χ2n) is 5.27. The van der Waals surface area contributed by atoms with Gasteiger partial charge in [0.05, 0.1) is 14.2 Å². The largest absolute Gasteiger partial charge is 0.493 e. The molecule has 0 unspecified atom stereocenters. The number of hydrogen-bond acceptors (Lipinski definition) is 4. The van der Waals surface area contributed by atoms with Crippen LogP contribution in [0.1, 0.15) is 21.5 Å². The summed E-state index contributed by atoms with van der Waals surface area (Å²) in [5, 5.41) is 2.89. The molecule has 0 saturated carbocycles. The van der Waals surface area contributed by atoms with E-state index in [1.54, 1.807) is 26.4 Å². The number of amides is 1. The van der Waals surface area contributed by atoms with E-state index in [1.807, 2.05) is 31.2 Å². The molecule has 0 heterocycles. The molecule has 3 N–H and O–H groups in total. The third-order valence-electron chi connectivity index (χ3n) is 3.69. The van der Waals surface area contributed by atoms with Crippen molar-refractivity contribution in [2.45, 2.75) is 13.3 Å². The van der Waals surface area contributed by atoms with E-state index >= 15 is 0 Å². The summed E-state index contributed by atoms with van der Waals surface area (Å²) >= 11 is 0. The molecule has 0 aliphatic carbocycles. The van der Waals surface area contributed by atoms with Crippen molar-refractivity contribution in [1.29, 1.82) is 0 Å². The fourth-order valence-corrected chi connectivity index (χ4v) is 2.24. The number of rotatable bonds is 6. The maximum absolute atomic E-state index is 12.1. The molecule has 0 aromatic heterocycles. The average Bonchev–Trinajstić information content (AvgIpc) is 2.57. The Morgan fingerprint density at radius 1 is 1.09 bits per heavy atom. The highest BCUT2D eigenvalue weighted by Gasteiger charge is 2.08. The van der Waals surface area contributed by atoms with Crippen LogP contribution >= 0.6 is 0 Å². The second-order valence-corrected chi connectivity index (χ2v) is 5.27. The second kappa shape index (κ2) is 7.54. The number of ether oxygens (including phenoxy) is 2.